The topological polar surface area (TPSA) is 25.2 Å². The molecule has 1 N–H and O–H groups in total. The molecule has 1 aliphatic rings. The van der Waals surface area contributed by atoms with Gasteiger partial charge in [-0.1, -0.05) is 0 Å². The van der Waals surface area contributed by atoms with Crippen LogP contribution in [0.1, 0.15) is 24.3 Å². The van der Waals surface area contributed by atoms with Crippen LogP contribution in [0.4, 0.5) is 0 Å². The molecule has 0 saturated carbocycles. The lowest BCUT2D eigenvalue weighted by Gasteiger charge is -2.20. The Morgan fingerprint density at radius 3 is 2.75 bits per heavy atom. The van der Waals surface area contributed by atoms with Crippen LogP contribution in [0.3, 0.4) is 0 Å². The third kappa shape index (κ3) is 1.65. The van der Waals surface area contributed by atoms with Crippen molar-refractivity contribution in [3.8, 4) is 0 Å². The first-order chi connectivity index (χ1) is 5.86. The predicted molar refractivity (Wildman–Crippen MR) is 48.6 cm³/mol. The van der Waals surface area contributed by atoms with Crippen LogP contribution in [0.5, 0.6) is 0 Å². The monoisotopic (exact) mass is 185 g/mol. The first-order valence-electron chi connectivity index (χ1n) is 4.31. The molecule has 1 aliphatic heterocycles. The van der Waals surface area contributed by atoms with Crippen LogP contribution >= 0.6 is 11.6 Å². The fraction of sp³-hybridized carbons (Fsp3) is 0.556. The van der Waals surface area contributed by atoms with Gasteiger partial charge in [0.25, 0.3) is 0 Å². The van der Waals surface area contributed by atoms with Crippen molar-refractivity contribution in [1.29, 1.82) is 0 Å². The van der Waals surface area contributed by atoms with Crippen LogP contribution in [0.25, 0.3) is 0 Å². The van der Waals surface area contributed by atoms with E-state index in [9.17, 15) is 0 Å². The lowest BCUT2D eigenvalue weighted by molar-refractivity contribution is 0.455. The highest BCUT2D eigenvalue weighted by Crippen LogP contribution is 2.28. The molecule has 0 unspecified atom stereocenters. The van der Waals surface area contributed by atoms with Gasteiger partial charge in [-0.25, -0.2) is 0 Å². The molecule has 0 radical (unpaired) electrons. The summed E-state index contributed by atoms with van der Waals surface area (Å²) >= 11 is 5.70. The van der Waals surface area contributed by atoms with E-state index in [0.29, 0.717) is 11.1 Å². The molecular weight excluding hydrogens is 174 g/mol. The van der Waals surface area contributed by atoms with E-state index in [1.54, 1.807) is 6.26 Å². The van der Waals surface area contributed by atoms with E-state index in [1.807, 2.05) is 6.07 Å². The lowest BCUT2D eigenvalue weighted by Crippen LogP contribution is -2.26. The summed E-state index contributed by atoms with van der Waals surface area (Å²) in [5, 5.41) is 3.83. The zero-order chi connectivity index (χ0) is 8.39. The van der Waals surface area contributed by atoms with Crippen LogP contribution in [-0.2, 0) is 0 Å². The Morgan fingerprint density at radius 1 is 1.42 bits per heavy atom. The largest absolute Gasteiger partial charge is 0.453 e. The number of hydrogen-bond donors (Lipinski definition) is 1. The lowest BCUT2D eigenvalue weighted by atomic mass is 9.92. The molecule has 3 heteroatoms. The van der Waals surface area contributed by atoms with Crippen LogP contribution in [0.2, 0.25) is 5.22 Å². The van der Waals surface area contributed by atoms with Crippen LogP contribution in [-0.4, -0.2) is 13.1 Å². The number of halogens is 1. The molecule has 2 nitrogen and oxygen atoms in total. The van der Waals surface area contributed by atoms with Crippen LogP contribution in [0.15, 0.2) is 16.7 Å². The van der Waals surface area contributed by atoms with Crippen LogP contribution in [0, 0.1) is 0 Å². The quantitative estimate of drug-likeness (QED) is 0.727. The summed E-state index contributed by atoms with van der Waals surface area (Å²) in [5.74, 6) is 0.641. The Morgan fingerprint density at radius 2 is 2.17 bits per heavy atom. The number of nitrogens with one attached hydrogen (secondary N) is 1. The molecule has 0 aliphatic carbocycles. The van der Waals surface area contributed by atoms with Gasteiger partial charge in [0.15, 0.2) is 5.22 Å². The maximum Gasteiger partial charge on any atom is 0.193 e. The van der Waals surface area contributed by atoms with Gasteiger partial charge in [-0.3, -0.25) is 0 Å². The van der Waals surface area contributed by atoms with E-state index in [1.165, 1.54) is 18.4 Å². The molecule has 0 aromatic carbocycles. The number of hydrogen-bond acceptors (Lipinski definition) is 2. The fourth-order valence-electron chi connectivity index (χ4n) is 1.69. The van der Waals surface area contributed by atoms with Gasteiger partial charge in [-0.2, -0.15) is 0 Å². The molecule has 0 bridgehead atoms. The molecule has 0 atom stereocenters. The third-order valence-electron chi connectivity index (χ3n) is 2.40. The van der Waals surface area contributed by atoms with Gasteiger partial charge in [0.1, 0.15) is 0 Å². The summed E-state index contributed by atoms with van der Waals surface area (Å²) in [6, 6.07) is 1.93. The van der Waals surface area contributed by atoms with Crippen molar-refractivity contribution in [2.75, 3.05) is 13.1 Å². The molecular formula is C9H12ClNO. The minimum atomic E-state index is 0.503. The highest BCUT2D eigenvalue weighted by atomic mass is 35.5. The second kappa shape index (κ2) is 3.50. The van der Waals surface area contributed by atoms with Gasteiger partial charge >= 0.3 is 0 Å². The number of rotatable bonds is 1. The summed E-state index contributed by atoms with van der Waals surface area (Å²) in [7, 11) is 0. The average molecular weight is 186 g/mol. The van der Waals surface area contributed by atoms with Crippen LogP contribution < -0.4 is 5.32 Å². The molecule has 0 amide bonds. The van der Waals surface area contributed by atoms with Gasteiger partial charge in [0.05, 0.1) is 6.26 Å². The van der Waals surface area contributed by atoms with Gasteiger partial charge in [-0.05, 0) is 55.1 Å². The Hall–Kier alpha value is -0.470. The molecule has 1 aromatic rings. The molecule has 12 heavy (non-hydrogen) atoms. The minimum Gasteiger partial charge on any atom is -0.453 e. The van der Waals surface area contributed by atoms with Gasteiger partial charge in [-0.15, -0.1) is 0 Å². The maximum atomic E-state index is 5.70. The highest BCUT2D eigenvalue weighted by Gasteiger charge is 2.16. The smallest absolute Gasteiger partial charge is 0.193 e. The summed E-state index contributed by atoms with van der Waals surface area (Å²) in [4.78, 5) is 0. The van der Waals surface area contributed by atoms with E-state index < -0.39 is 0 Å². The third-order valence-corrected chi connectivity index (χ3v) is 2.60. The molecule has 1 saturated heterocycles. The zero-order valence-electron chi connectivity index (χ0n) is 6.85. The molecule has 2 heterocycles. The standard InChI is InChI=1S/C9H12ClNO/c10-9-5-8(6-12-9)7-1-3-11-4-2-7/h5-7,11H,1-4H2. The summed E-state index contributed by atoms with van der Waals surface area (Å²) in [5.41, 5.74) is 1.25. The normalized spacial score (nSPS) is 19.8. The van der Waals surface area contributed by atoms with Crippen molar-refractivity contribution < 1.29 is 4.42 Å². The molecule has 2 rings (SSSR count). The van der Waals surface area contributed by atoms with Crippen molar-refractivity contribution in [1.82, 2.24) is 5.32 Å². The second-order valence-electron chi connectivity index (χ2n) is 3.21. The van der Waals surface area contributed by atoms with Crippen molar-refractivity contribution >= 4 is 11.6 Å². The highest BCUT2D eigenvalue weighted by molar-refractivity contribution is 6.28. The summed E-state index contributed by atoms with van der Waals surface area (Å²) < 4.78 is 5.06. The van der Waals surface area contributed by atoms with Crippen molar-refractivity contribution in [2.45, 2.75) is 18.8 Å². The van der Waals surface area contributed by atoms with E-state index in [-0.39, 0.29) is 0 Å². The van der Waals surface area contributed by atoms with Crippen molar-refractivity contribution in [3.63, 3.8) is 0 Å². The summed E-state index contributed by atoms with van der Waals surface area (Å²) in [6.45, 7) is 2.21. The fourth-order valence-corrected chi connectivity index (χ4v) is 1.86. The Kier molecular flexibility index (Phi) is 2.38. The molecule has 66 valence electrons. The second-order valence-corrected chi connectivity index (χ2v) is 3.58. The Balaban J connectivity index is 2.08. The first-order valence-corrected chi connectivity index (χ1v) is 4.69. The van der Waals surface area contributed by atoms with E-state index >= 15 is 0 Å². The predicted octanol–water partition coefficient (Wildman–Crippen LogP) is 2.40. The molecule has 1 aromatic heterocycles. The first kappa shape index (κ1) is 8.14. The van der Waals surface area contributed by atoms with Gasteiger partial charge < -0.3 is 9.73 Å². The zero-order valence-corrected chi connectivity index (χ0v) is 7.60. The molecule has 1 fully saturated rings. The molecule has 0 spiro atoms. The van der Waals surface area contributed by atoms with Crippen molar-refractivity contribution in [2.24, 2.45) is 0 Å². The van der Waals surface area contributed by atoms with Crippen molar-refractivity contribution in [3.05, 3.63) is 23.1 Å². The van der Waals surface area contributed by atoms with E-state index in [4.69, 9.17) is 16.0 Å². The Labute approximate surface area is 76.9 Å². The minimum absolute atomic E-state index is 0.503. The van der Waals surface area contributed by atoms with Gasteiger partial charge in [0.2, 0.25) is 0 Å². The SMILES string of the molecule is Clc1cc(C2CCNCC2)co1. The van der Waals surface area contributed by atoms with E-state index in [2.05, 4.69) is 5.32 Å². The number of piperidine rings is 1. The summed E-state index contributed by atoms with van der Waals surface area (Å²) in [6.07, 6.45) is 4.16. The average Bonchev–Trinajstić information content (AvgIpc) is 2.54. The Bertz CT molecular complexity index is 253. The van der Waals surface area contributed by atoms with E-state index in [0.717, 1.165) is 13.1 Å². The maximum absolute atomic E-state index is 5.70. The number of furan rings is 1. The van der Waals surface area contributed by atoms with Gasteiger partial charge in [0, 0.05) is 0 Å².